The molecule has 9 atom stereocenters. The highest BCUT2D eigenvalue weighted by atomic mass is 16.5. The van der Waals surface area contributed by atoms with E-state index in [0.717, 1.165) is 53.6 Å². The lowest BCUT2D eigenvalue weighted by atomic mass is 9.44. The largest absolute Gasteiger partial charge is 0.488 e. The molecule has 0 radical (unpaired) electrons. The van der Waals surface area contributed by atoms with Gasteiger partial charge in [-0.05, 0) is 135 Å². The van der Waals surface area contributed by atoms with E-state index in [1.807, 2.05) is 18.2 Å². The van der Waals surface area contributed by atoms with Crippen LogP contribution in [0.4, 0.5) is 11.4 Å². The number of hydrogen-bond donors (Lipinski definition) is 3. The average Bonchev–Trinajstić information content (AvgIpc) is 3.22. The first-order valence-corrected chi connectivity index (χ1v) is 16.9. The number of ether oxygens (including phenoxy) is 1. The lowest BCUT2D eigenvalue weighted by Gasteiger charge is -2.61. The number of rotatable bonds is 7. The van der Waals surface area contributed by atoms with Gasteiger partial charge in [-0.3, -0.25) is 0 Å². The van der Waals surface area contributed by atoms with E-state index in [1.165, 1.54) is 70.6 Å². The van der Waals surface area contributed by atoms with Crippen LogP contribution in [-0.4, -0.2) is 12.1 Å². The Morgan fingerprint density at radius 1 is 0.850 bits per heavy atom. The van der Waals surface area contributed by atoms with E-state index in [1.54, 1.807) is 0 Å². The standard InChI is InChI=1S/C32H53N3O.C4H10/c1-20(2)6-5-7-28(34)27-12-11-25-24-10-8-21-18-23(36-30-13-9-22(33)19-29(30)35)14-16-31(21,3)26(24)15-17-32(25,27)4;1-4(2)3/h9,13,19-21,23-28H,5-8,10-12,14-18,33-35H2,1-4H3;4H,1-3H3. The van der Waals surface area contributed by atoms with Crippen LogP contribution in [0.1, 0.15) is 126 Å². The molecule has 0 bridgehead atoms. The number of anilines is 2. The van der Waals surface area contributed by atoms with Crippen molar-refractivity contribution in [3.05, 3.63) is 18.2 Å². The van der Waals surface area contributed by atoms with Crippen LogP contribution in [-0.2, 0) is 0 Å². The van der Waals surface area contributed by atoms with Crippen molar-refractivity contribution < 1.29 is 4.74 Å². The van der Waals surface area contributed by atoms with Crippen molar-refractivity contribution in [1.82, 2.24) is 0 Å². The third kappa shape index (κ3) is 6.63. The second-order valence-electron chi connectivity index (χ2n) is 15.9. The van der Waals surface area contributed by atoms with E-state index < -0.39 is 0 Å². The zero-order valence-electron chi connectivity index (χ0n) is 27.1. The SMILES string of the molecule is CC(C)C.CC(C)CCCC(N)C1CCC2C3CCC4CC(Oc5ccc(N)cc5N)CCC4(C)C3CCC12C. The maximum atomic E-state index is 6.93. The number of nitrogens with two attached hydrogens (primary N) is 3. The average molecular weight is 554 g/mol. The summed E-state index contributed by atoms with van der Waals surface area (Å²) in [5.74, 6) is 6.61. The fourth-order valence-corrected chi connectivity index (χ4v) is 9.89. The van der Waals surface area contributed by atoms with E-state index in [2.05, 4.69) is 48.5 Å². The van der Waals surface area contributed by atoms with Crippen LogP contribution < -0.4 is 21.9 Å². The molecule has 40 heavy (non-hydrogen) atoms. The highest BCUT2D eigenvalue weighted by molar-refractivity contribution is 5.60. The molecule has 0 saturated heterocycles. The van der Waals surface area contributed by atoms with E-state index >= 15 is 0 Å². The molecule has 0 heterocycles. The Hall–Kier alpha value is -1.42. The van der Waals surface area contributed by atoms with E-state index in [4.69, 9.17) is 21.9 Å². The maximum Gasteiger partial charge on any atom is 0.142 e. The third-order valence-corrected chi connectivity index (χ3v) is 11.9. The van der Waals surface area contributed by atoms with Gasteiger partial charge in [-0.25, -0.2) is 0 Å². The second kappa shape index (κ2) is 12.8. The normalized spacial score (nSPS) is 37.6. The molecule has 4 fully saturated rings. The summed E-state index contributed by atoms with van der Waals surface area (Å²) in [6.07, 6.45) is 16.1. The molecule has 0 spiro atoms. The minimum Gasteiger partial charge on any atom is -0.488 e. The van der Waals surface area contributed by atoms with Crippen molar-refractivity contribution in [3.63, 3.8) is 0 Å². The van der Waals surface area contributed by atoms with Crippen LogP contribution in [0, 0.1) is 52.3 Å². The molecule has 0 amide bonds. The van der Waals surface area contributed by atoms with Gasteiger partial charge < -0.3 is 21.9 Å². The van der Waals surface area contributed by atoms with Crippen LogP contribution in [0.15, 0.2) is 18.2 Å². The van der Waals surface area contributed by atoms with E-state index in [9.17, 15) is 0 Å². The molecule has 4 saturated carbocycles. The number of fused-ring (bicyclic) bond motifs is 5. The topological polar surface area (TPSA) is 87.3 Å². The van der Waals surface area contributed by atoms with Crippen LogP contribution >= 0.6 is 0 Å². The fourth-order valence-electron chi connectivity index (χ4n) is 9.89. The Morgan fingerprint density at radius 2 is 1.52 bits per heavy atom. The molecule has 228 valence electrons. The summed E-state index contributed by atoms with van der Waals surface area (Å²) >= 11 is 0. The lowest BCUT2D eigenvalue weighted by molar-refractivity contribution is -0.125. The Balaban J connectivity index is 0.000000867. The van der Waals surface area contributed by atoms with Gasteiger partial charge in [0, 0.05) is 11.7 Å². The van der Waals surface area contributed by atoms with Gasteiger partial charge in [0.15, 0.2) is 0 Å². The van der Waals surface area contributed by atoms with Crippen LogP contribution in [0.3, 0.4) is 0 Å². The first kappa shape index (κ1) is 31.5. The first-order valence-electron chi connectivity index (χ1n) is 16.9. The van der Waals surface area contributed by atoms with Crippen molar-refractivity contribution in [1.29, 1.82) is 0 Å². The summed E-state index contributed by atoms with van der Waals surface area (Å²) in [6.45, 7) is 16.5. The predicted octanol–water partition coefficient (Wildman–Crippen LogP) is 9.07. The third-order valence-electron chi connectivity index (χ3n) is 11.9. The molecule has 6 N–H and O–H groups in total. The zero-order valence-corrected chi connectivity index (χ0v) is 27.1. The van der Waals surface area contributed by atoms with Gasteiger partial charge >= 0.3 is 0 Å². The Kier molecular flexibility index (Phi) is 10.1. The van der Waals surface area contributed by atoms with Crippen LogP contribution in [0.25, 0.3) is 0 Å². The molecule has 0 aromatic heterocycles. The highest BCUT2D eigenvalue weighted by Gasteiger charge is 2.60. The van der Waals surface area contributed by atoms with Gasteiger partial charge in [0.1, 0.15) is 5.75 Å². The van der Waals surface area contributed by atoms with Crippen LogP contribution in [0.5, 0.6) is 5.75 Å². The van der Waals surface area contributed by atoms with Gasteiger partial charge in [-0.2, -0.15) is 0 Å². The molecule has 4 aliphatic rings. The van der Waals surface area contributed by atoms with Crippen LogP contribution in [0.2, 0.25) is 0 Å². The molecule has 5 rings (SSSR count). The van der Waals surface area contributed by atoms with Gasteiger partial charge in [0.25, 0.3) is 0 Å². The quantitative estimate of drug-likeness (QED) is 0.294. The molecule has 4 nitrogen and oxygen atoms in total. The second-order valence-corrected chi connectivity index (χ2v) is 15.9. The van der Waals surface area contributed by atoms with Crippen molar-refractivity contribution >= 4 is 11.4 Å². The smallest absolute Gasteiger partial charge is 0.142 e. The number of nitrogen functional groups attached to an aromatic ring is 2. The first-order chi connectivity index (χ1) is 18.8. The molecule has 9 unspecified atom stereocenters. The predicted molar refractivity (Wildman–Crippen MR) is 172 cm³/mol. The molecule has 1 aromatic rings. The van der Waals surface area contributed by atoms with E-state index in [-0.39, 0.29) is 6.10 Å². The van der Waals surface area contributed by atoms with Gasteiger partial charge in [-0.1, -0.05) is 61.3 Å². The Bertz CT molecular complexity index is 959. The molecule has 0 aliphatic heterocycles. The van der Waals surface area contributed by atoms with Gasteiger partial charge in [-0.15, -0.1) is 0 Å². The summed E-state index contributed by atoms with van der Waals surface area (Å²) < 4.78 is 6.45. The van der Waals surface area contributed by atoms with Crippen molar-refractivity contribution in [2.45, 2.75) is 138 Å². The van der Waals surface area contributed by atoms with Gasteiger partial charge in [0.2, 0.25) is 0 Å². The zero-order chi connectivity index (χ0) is 29.2. The number of benzene rings is 1. The highest BCUT2D eigenvalue weighted by Crippen LogP contribution is 2.68. The maximum absolute atomic E-state index is 6.93. The van der Waals surface area contributed by atoms with E-state index in [0.29, 0.717) is 28.2 Å². The lowest BCUT2D eigenvalue weighted by Crippen LogP contribution is -2.55. The van der Waals surface area contributed by atoms with Crippen molar-refractivity contribution in [2.24, 2.45) is 58.0 Å². The molecular weight excluding hydrogens is 490 g/mol. The Morgan fingerprint density at radius 3 is 2.20 bits per heavy atom. The minimum absolute atomic E-state index is 0.277. The molecule has 4 heteroatoms. The minimum atomic E-state index is 0.277. The van der Waals surface area contributed by atoms with Gasteiger partial charge in [0.05, 0.1) is 11.8 Å². The summed E-state index contributed by atoms with van der Waals surface area (Å²) in [5.41, 5.74) is 21.3. The number of hydrogen-bond acceptors (Lipinski definition) is 4. The molecular formula is C36H63N3O. The molecule has 4 aliphatic carbocycles. The Labute approximate surface area is 246 Å². The summed E-state index contributed by atoms with van der Waals surface area (Å²) in [7, 11) is 0. The fraction of sp³-hybridized carbons (Fsp3) is 0.833. The monoisotopic (exact) mass is 553 g/mol. The summed E-state index contributed by atoms with van der Waals surface area (Å²) in [5, 5.41) is 0. The molecule has 1 aromatic carbocycles. The van der Waals surface area contributed by atoms with Crippen molar-refractivity contribution in [2.75, 3.05) is 11.5 Å². The summed E-state index contributed by atoms with van der Waals surface area (Å²) in [6, 6.07) is 6.06. The summed E-state index contributed by atoms with van der Waals surface area (Å²) in [4.78, 5) is 0. The van der Waals surface area contributed by atoms with Crippen molar-refractivity contribution in [3.8, 4) is 5.75 Å².